The SMILES string of the molecule is CCCC1=Cc2c(-c3ccc(C4CCCCC4)cc3)cccc2C1C[SiH]([Zr])CC1C(CCC)=Cc2c(-c3ccc(C4CCCCC4)cc3)cccc21. The van der Waals surface area contributed by atoms with Gasteiger partial charge in [0.15, 0.2) is 0 Å². The average molecular weight is 779 g/mol. The van der Waals surface area contributed by atoms with Gasteiger partial charge in [0, 0.05) is 0 Å². The van der Waals surface area contributed by atoms with Crippen LogP contribution in [-0.2, 0) is 23.9 Å². The van der Waals surface area contributed by atoms with Crippen LogP contribution in [0.15, 0.2) is 96.1 Å². The molecule has 4 aromatic rings. The second-order valence-corrected chi connectivity index (χ2v) is 25.1. The average Bonchev–Trinajstić information content (AvgIpc) is 3.72. The molecule has 4 aliphatic carbocycles. The van der Waals surface area contributed by atoms with E-state index < -0.39 is 5.92 Å². The second-order valence-electron chi connectivity index (χ2n) is 16.7. The van der Waals surface area contributed by atoms with E-state index in [1.54, 1.807) is 33.4 Å². The van der Waals surface area contributed by atoms with E-state index in [4.69, 9.17) is 0 Å². The fraction of sp³-hybridized carbons (Fsp3) is 0.440. The number of fused-ring (bicyclic) bond motifs is 2. The Bertz CT molecular complexity index is 1740. The molecule has 0 aliphatic heterocycles. The third kappa shape index (κ3) is 7.68. The first-order valence-corrected chi connectivity index (χ1v) is 27.7. The normalized spacial score (nSPS) is 21.0. The van der Waals surface area contributed by atoms with Crippen molar-refractivity contribution in [1.29, 1.82) is 0 Å². The Morgan fingerprint density at radius 3 is 1.31 bits per heavy atom. The van der Waals surface area contributed by atoms with Crippen LogP contribution in [0.25, 0.3) is 34.4 Å². The van der Waals surface area contributed by atoms with Crippen molar-refractivity contribution in [2.45, 2.75) is 139 Å². The number of allylic oxidation sites excluding steroid dienone is 2. The van der Waals surface area contributed by atoms with Crippen molar-refractivity contribution in [2.24, 2.45) is 0 Å². The monoisotopic (exact) mass is 777 g/mol. The Kier molecular flexibility index (Phi) is 11.8. The Morgan fingerprint density at radius 1 is 0.519 bits per heavy atom. The third-order valence-electron chi connectivity index (χ3n) is 13.3. The van der Waals surface area contributed by atoms with Crippen molar-refractivity contribution in [1.82, 2.24) is 0 Å². The first kappa shape index (κ1) is 36.4. The van der Waals surface area contributed by atoms with Crippen molar-refractivity contribution >= 4 is 18.1 Å². The quantitative estimate of drug-likeness (QED) is 0.126. The van der Waals surface area contributed by atoms with E-state index >= 15 is 0 Å². The summed E-state index contributed by atoms with van der Waals surface area (Å²) >= 11 is 1.83. The van der Waals surface area contributed by atoms with Gasteiger partial charge in [0.2, 0.25) is 0 Å². The summed E-state index contributed by atoms with van der Waals surface area (Å²) in [6, 6.07) is 36.8. The van der Waals surface area contributed by atoms with E-state index in [0.29, 0.717) is 11.8 Å². The molecular formula is C50H59SiZr. The van der Waals surface area contributed by atoms with Crippen LogP contribution in [0.1, 0.15) is 161 Å². The molecule has 0 aromatic heterocycles. The van der Waals surface area contributed by atoms with Gasteiger partial charge in [-0.05, 0) is 0 Å². The van der Waals surface area contributed by atoms with Gasteiger partial charge >= 0.3 is 295 Å². The van der Waals surface area contributed by atoms with Crippen molar-refractivity contribution in [3.63, 3.8) is 0 Å². The van der Waals surface area contributed by atoms with E-state index in [1.165, 1.54) is 135 Å². The molecule has 267 valence electrons. The molecule has 8 rings (SSSR count). The topological polar surface area (TPSA) is 0 Å². The first-order chi connectivity index (χ1) is 25.6. The number of hydrogen-bond acceptors (Lipinski definition) is 0. The minimum atomic E-state index is -0.971. The Hall–Kier alpha value is -2.54. The summed E-state index contributed by atoms with van der Waals surface area (Å²) in [6.07, 6.45) is 24.1. The standard InChI is InChI=1S/C50H59Si.Zr/c1-3-13-41-31-47-43(39-27-23-37(24-28-39)35-15-7-5-8-16-35)19-11-21-45(47)49(41)33-51-34-50-42(14-4-2)32-48-44(20-12-22-46(48)50)40-29-25-38(26-30-40)36-17-9-6-10-18-36;/h11-12,19-32,35-36,49-51H,3-10,13-18,33-34H2,1-2H3;. The fourth-order valence-electron chi connectivity index (χ4n) is 10.6. The Labute approximate surface area is 331 Å². The molecule has 0 heterocycles. The van der Waals surface area contributed by atoms with Gasteiger partial charge in [-0.2, -0.15) is 0 Å². The molecule has 0 N–H and O–H groups in total. The van der Waals surface area contributed by atoms with Crippen molar-refractivity contribution < 1.29 is 23.9 Å². The van der Waals surface area contributed by atoms with E-state index in [0.717, 1.165) is 11.8 Å². The van der Waals surface area contributed by atoms with Crippen LogP contribution >= 0.6 is 0 Å². The van der Waals surface area contributed by atoms with Crippen LogP contribution in [0, 0.1) is 0 Å². The van der Waals surface area contributed by atoms with Crippen LogP contribution in [0.2, 0.25) is 12.1 Å². The van der Waals surface area contributed by atoms with Crippen LogP contribution in [0.3, 0.4) is 0 Å². The number of benzene rings is 4. The molecule has 0 radical (unpaired) electrons. The second kappa shape index (κ2) is 16.9. The minimum absolute atomic E-state index is 0.612. The predicted molar refractivity (Wildman–Crippen MR) is 223 cm³/mol. The van der Waals surface area contributed by atoms with E-state index in [9.17, 15) is 0 Å². The summed E-state index contributed by atoms with van der Waals surface area (Å²) in [7, 11) is 0. The molecule has 4 aliphatic rings. The van der Waals surface area contributed by atoms with Gasteiger partial charge in [-0.15, -0.1) is 0 Å². The molecule has 0 saturated heterocycles. The first-order valence-electron chi connectivity index (χ1n) is 21.2. The molecule has 2 saturated carbocycles. The number of hydrogen-bond donors (Lipinski definition) is 0. The van der Waals surface area contributed by atoms with Gasteiger partial charge in [0.25, 0.3) is 0 Å². The molecule has 0 nitrogen and oxygen atoms in total. The van der Waals surface area contributed by atoms with E-state index in [2.05, 4.69) is 111 Å². The summed E-state index contributed by atoms with van der Waals surface area (Å²) in [6.45, 7) is 4.74. The predicted octanol–water partition coefficient (Wildman–Crippen LogP) is 14.6. The summed E-state index contributed by atoms with van der Waals surface area (Å²) in [5.41, 5.74) is 18.5. The van der Waals surface area contributed by atoms with Gasteiger partial charge in [-0.25, -0.2) is 0 Å². The molecular weight excluding hydrogens is 720 g/mol. The molecule has 0 amide bonds. The Balaban J connectivity index is 1.02. The van der Waals surface area contributed by atoms with Gasteiger partial charge in [-0.3, -0.25) is 0 Å². The summed E-state index contributed by atoms with van der Waals surface area (Å²) in [5.74, 6) is 1.79. The van der Waals surface area contributed by atoms with Crippen molar-refractivity contribution in [3.8, 4) is 22.3 Å². The maximum atomic E-state index is 2.63. The van der Waals surface area contributed by atoms with Gasteiger partial charge in [0.1, 0.15) is 0 Å². The fourth-order valence-corrected chi connectivity index (χ4v) is 16.5. The molecule has 2 fully saturated rings. The zero-order valence-electron chi connectivity index (χ0n) is 31.9. The summed E-state index contributed by atoms with van der Waals surface area (Å²) < 4.78 is 0. The molecule has 2 heteroatoms. The summed E-state index contributed by atoms with van der Waals surface area (Å²) in [5, 5.41) is 0. The number of rotatable bonds is 12. The van der Waals surface area contributed by atoms with E-state index in [-0.39, 0.29) is 0 Å². The molecule has 0 bridgehead atoms. The summed E-state index contributed by atoms with van der Waals surface area (Å²) in [4.78, 5) is 0. The van der Waals surface area contributed by atoms with E-state index in [1.807, 2.05) is 23.9 Å². The molecule has 0 spiro atoms. The van der Waals surface area contributed by atoms with Gasteiger partial charge in [-0.1, -0.05) is 38.5 Å². The van der Waals surface area contributed by atoms with Gasteiger partial charge < -0.3 is 0 Å². The van der Waals surface area contributed by atoms with Crippen LogP contribution < -0.4 is 0 Å². The van der Waals surface area contributed by atoms with Crippen LogP contribution in [-0.4, -0.2) is 5.92 Å². The zero-order chi connectivity index (χ0) is 35.4. The molecule has 52 heavy (non-hydrogen) atoms. The van der Waals surface area contributed by atoms with Crippen molar-refractivity contribution in [3.05, 3.63) is 129 Å². The molecule has 4 aromatic carbocycles. The maximum absolute atomic E-state index is 2.63. The van der Waals surface area contributed by atoms with Crippen LogP contribution in [0.4, 0.5) is 0 Å². The third-order valence-corrected chi connectivity index (χ3v) is 18.9. The molecule has 2 unspecified atom stereocenters. The Morgan fingerprint density at radius 2 is 0.923 bits per heavy atom. The molecule has 2 atom stereocenters. The zero-order valence-corrected chi connectivity index (χ0v) is 35.6. The van der Waals surface area contributed by atoms with Crippen LogP contribution in [0.5, 0.6) is 0 Å². The van der Waals surface area contributed by atoms with Crippen molar-refractivity contribution in [2.75, 3.05) is 0 Å². The van der Waals surface area contributed by atoms with Gasteiger partial charge in [0.05, 0.1) is 0 Å².